The molecule has 0 atom stereocenters. The standard InChI is InChI=1S/C19H15N3O4S.C6H15N/c1-12-17(10-13-11-20-18-5-3-2-4-16(13)18)19(23)22(21-12)14-6-8-15(9-7-14)27(24,25)26;1-4-7(5-2)6-3/h2-11,21H,1H3,(H,24,25,26);4-6H2,1-3H3/b13-10+;. The predicted molar refractivity (Wildman–Crippen MR) is 134 cm³/mol. The summed E-state index contributed by atoms with van der Waals surface area (Å²) in [6.45, 7) is 12.3. The zero-order chi connectivity index (χ0) is 24.9. The van der Waals surface area contributed by atoms with Crippen molar-refractivity contribution in [1.29, 1.82) is 0 Å². The second-order valence-corrected chi connectivity index (χ2v) is 9.30. The number of nitrogens with one attached hydrogen (secondary N) is 2. The van der Waals surface area contributed by atoms with E-state index in [1.807, 2.05) is 24.3 Å². The van der Waals surface area contributed by atoms with E-state index >= 15 is 0 Å². The van der Waals surface area contributed by atoms with Crippen molar-refractivity contribution in [1.82, 2.24) is 9.78 Å². The first kappa shape index (κ1) is 25.4. The highest BCUT2D eigenvalue weighted by Crippen LogP contribution is 2.32. The number of quaternary nitrogens is 1. The third-order valence-corrected chi connectivity index (χ3v) is 6.71. The molecule has 0 saturated carbocycles. The van der Waals surface area contributed by atoms with Crippen LogP contribution in [0.15, 0.2) is 63.2 Å². The summed E-state index contributed by atoms with van der Waals surface area (Å²) in [7, 11) is -4.53. The Morgan fingerprint density at radius 2 is 1.65 bits per heavy atom. The van der Waals surface area contributed by atoms with Gasteiger partial charge in [0.05, 0.1) is 41.5 Å². The Hall–Kier alpha value is -3.27. The maximum absolute atomic E-state index is 12.8. The van der Waals surface area contributed by atoms with Crippen LogP contribution in [0.3, 0.4) is 0 Å². The highest BCUT2D eigenvalue weighted by Gasteiger charge is 2.15. The van der Waals surface area contributed by atoms with Crippen molar-refractivity contribution in [2.24, 2.45) is 4.99 Å². The van der Waals surface area contributed by atoms with Gasteiger partial charge >= 0.3 is 0 Å². The van der Waals surface area contributed by atoms with E-state index in [4.69, 9.17) is 0 Å². The summed E-state index contributed by atoms with van der Waals surface area (Å²) in [5.74, 6) is 0. The van der Waals surface area contributed by atoms with E-state index in [0.717, 1.165) is 16.8 Å². The molecule has 0 bridgehead atoms. The highest BCUT2D eigenvalue weighted by atomic mass is 32.2. The minimum Gasteiger partial charge on any atom is -0.744 e. The van der Waals surface area contributed by atoms with Crippen molar-refractivity contribution in [2.45, 2.75) is 32.6 Å². The number of aryl methyl sites for hydroxylation is 1. The molecule has 2 N–H and O–H groups in total. The number of fused-ring (bicyclic) bond motifs is 1. The van der Waals surface area contributed by atoms with Crippen molar-refractivity contribution >= 4 is 33.7 Å². The number of nitrogens with zero attached hydrogens (tertiary/aromatic N) is 2. The Balaban J connectivity index is 0.000000406. The summed E-state index contributed by atoms with van der Waals surface area (Å²) in [6.07, 6.45) is 3.49. The van der Waals surface area contributed by atoms with Crippen LogP contribution in [0.2, 0.25) is 0 Å². The van der Waals surface area contributed by atoms with Crippen molar-refractivity contribution in [3.8, 4) is 5.69 Å². The SMILES string of the molecule is CC[NH+](CC)CC.Cc1[nH]n(-c2ccc(S(=O)(=O)[O-])cc2)c(=O)c1/C=C1\C=Nc2ccccc21. The minimum absolute atomic E-state index is 0.282. The van der Waals surface area contributed by atoms with Crippen molar-refractivity contribution < 1.29 is 17.9 Å². The van der Waals surface area contributed by atoms with Crippen LogP contribution in [0, 0.1) is 6.92 Å². The van der Waals surface area contributed by atoms with Crippen LogP contribution in [0.1, 0.15) is 37.6 Å². The lowest BCUT2D eigenvalue weighted by Gasteiger charge is -2.10. The van der Waals surface area contributed by atoms with Gasteiger partial charge in [0.15, 0.2) is 0 Å². The fourth-order valence-electron chi connectivity index (χ4n) is 3.73. The van der Waals surface area contributed by atoms with Gasteiger partial charge in [0.25, 0.3) is 5.56 Å². The zero-order valence-electron chi connectivity index (χ0n) is 19.8. The van der Waals surface area contributed by atoms with Crippen LogP contribution >= 0.6 is 0 Å². The van der Waals surface area contributed by atoms with Crippen LogP contribution in [0.25, 0.3) is 17.3 Å². The third kappa shape index (κ3) is 5.61. The van der Waals surface area contributed by atoms with Gasteiger partial charge in [0.2, 0.25) is 0 Å². The van der Waals surface area contributed by atoms with Gasteiger partial charge in [-0.3, -0.25) is 14.9 Å². The normalized spacial score (nSPS) is 13.8. The zero-order valence-corrected chi connectivity index (χ0v) is 20.6. The third-order valence-electron chi connectivity index (χ3n) is 5.86. The summed E-state index contributed by atoms with van der Waals surface area (Å²) in [4.78, 5) is 18.5. The molecule has 2 heterocycles. The Kier molecular flexibility index (Phi) is 8.03. The number of aromatic nitrogens is 2. The second kappa shape index (κ2) is 10.8. The van der Waals surface area contributed by atoms with Gasteiger partial charge < -0.3 is 9.45 Å². The van der Waals surface area contributed by atoms with Crippen LogP contribution in [-0.2, 0) is 10.1 Å². The molecule has 0 fully saturated rings. The molecule has 1 aromatic heterocycles. The summed E-state index contributed by atoms with van der Waals surface area (Å²) in [5.41, 5.74) is 3.93. The minimum atomic E-state index is -4.53. The molecule has 3 aromatic rings. The van der Waals surface area contributed by atoms with E-state index < -0.39 is 10.1 Å². The van der Waals surface area contributed by atoms with E-state index in [1.165, 1.54) is 48.6 Å². The number of benzene rings is 2. The fourth-order valence-corrected chi connectivity index (χ4v) is 4.20. The largest absolute Gasteiger partial charge is 0.744 e. The van der Waals surface area contributed by atoms with Gasteiger partial charge in [-0.15, -0.1) is 0 Å². The lowest BCUT2D eigenvalue weighted by Crippen LogP contribution is -3.11. The first-order chi connectivity index (χ1) is 16.2. The molecule has 180 valence electrons. The molecule has 1 aliphatic heterocycles. The number of para-hydroxylation sites is 1. The average Bonchev–Trinajstić information content (AvgIpc) is 3.36. The maximum atomic E-state index is 12.8. The Morgan fingerprint density at radius 3 is 2.21 bits per heavy atom. The number of allylic oxidation sites excluding steroid dienone is 1. The Labute approximate surface area is 200 Å². The smallest absolute Gasteiger partial charge is 0.278 e. The molecule has 1 aliphatic rings. The van der Waals surface area contributed by atoms with E-state index in [-0.39, 0.29) is 10.5 Å². The van der Waals surface area contributed by atoms with Crippen molar-refractivity contribution in [2.75, 3.05) is 19.6 Å². The van der Waals surface area contributed by atoms with Gasteiger partial charge in [-0.05, 0) is 64.1 Å². The summed E-state index contributed by atoms with van der Waals surface area (Å²) in [6, 6.07) is 12.8. The number of rotatable bonds is 6. The Morgan fingerprint density at radius 1 is 1.03 bits per heavy atom. The van der Waals surface area contributed by atoms with Crippen LogP contribution in [-0.4, -0.2) is 48.6 Å². The first-order valence-electron chi connectivity index (χ1n) is 11.3. The fraction of sp³-hybridized carbons (Fsp3) is 0.280. The molecule has 0 saturated heterocycles. The van der Waals surface area contributed by atoms with Gasteiger partial charge in [0.1, 0.15) is 10.1 Å². The Bertz CT molecular complexity index is 1360. The molecule has 0 amide bonds. The maximum Gasteiger partial charge on any atom is 0.278 e. The lowest BCUT2D eigenvalue weighted by atomic mass is 10.0. The molecule has 9 heteroatoms. The highest BCUT2D eigenvalue weighted by molar-refractivity contribution is 7.85. The summed E-state index contributed by atoms with van der Waals surface area (Å²) >= 11 is 0. The van der Waals surface area contributed by atoms with Gasteiger partial charge in [-0.25, -0.2) is 13.1 Å². The molecule has 2 aromatic carbocycles. The van der Waals surface area contributed by atoms with Crippen LogP contribution in [0.4, 0.5) is 5.69 Å². The quantitative estimate of drug-likeness (QED) is 0.526. The predicted octanol–water partition coefficient (Wildman–Crippen LogP) is 2.57. The molecule has 0 aliphatic carbocycles. The van der Waals surface area contributed by atoms with Gasteiger partial charge in [0, 0.05) is 23.0 Å². The van der Waals surface area contributed by atoms with E-state index in [0.29, 0.717) is 16.9 Å². The van der Waals surface area contributed by atoms with Crippen molar-refractivity contribution in [3.63, 3.8) is 0 Å². The van der Waals surface area contributed by atoms with E-state index in [9.17, 15) is 17.8 Å². The summed E-state index contributed by atoms with van der Waals surface area (Å²) in [5, 5.41) is 2.97. The first-order valence-corrected chi connectivity index (χ1v) is 12.7. The lowest BCUT2D eigenvalue weighted by molar-refractivity contribution is -0.894. The number of aliphatic imine (C=N–C) groups is 1. The molecular weight excluding hydrogens is 452 g/mol. The second-order valence-electron chi connectivity index (χ2n) is 7.92. The van der Waals surface area contributed by atoms with Gasteiger partial charge in [-0.1, -0.05) is 18.2 Å². The van der Waals surface area contributed by atoms with Gasteiger partial charge in [-0.2, -0.15) is 0 Å². The molecule has 0 unspecified atom stereocenters. The molecule has 8 nitrogen and oxygen atoms in total. The molecule has 0 spiro atoms. The molecule has 34 heavy (non-hydrogen) atoms. The topological polar surface area (TPSA) is 112 Å². The average molecular weight is 483 g/mol. The number of hydrogen-bond donors (Lipinski definition) is 2. The molecule has 0 radical (unpaired) electrons. The van der Waals surface area contributed by atoms with Crippen LogP contribution in [0.5, 0.6) is 0 Å². The van der Waals surface area contributed by atoms with E-state index in [1.54, 1.807) is 24.1 Å². The monoisotopic (exact) mass is 482 g/mol. The van der Waals surface area contributed by atoms with E-state index in [2.05, 4.69) is 30.9 Å². The number of hydrogen-bond acceptors (Lipinski definition) is 5. The molecule has 4 rings (SSSR count). The van der Waals surface area contributed by atoms with Crippen molar-refractivity contribution in [3.05, 3.63) is 75.7 Å². The molecular formula is C25H30N4O4S. The number of H-pyrrole nitrogens is 1. The summed E-state index contributed by atoms with van der Waals surface area (Å²) < 4.78 is 34.4. The van der Waals surface area contributed by atoms with Crippen LogP contribution < -0.4 is 10.5 Å². The number of aromatic amines is 1.